The molecular weight excluding hydrogens is 290 g/mol. The topological polar surface area (TPSA) is 72.9 Å². The number of hydrogen-bond donors (Lipinski definition) is 2. The summed E-state index contributed by atoms with van der Waals surface area (Å²) in [5.74, 6) is -0.778. The Morgan fingerprint density at radius 1 is 1.38 bits per heavy atom. The smallest absolute Gasteiger partial charge is 0.317 e. The Kier molecular flexibility index (Phi) is 5.58. The standard InChI is InChI=1S/C14H21N3O3S/c1-11(12-3-9-21-10-12)15-14(20)17-7-5-16(6-8-17)4-2-13(18)19/h3,9-11H,2,4-8H2,1H3,(H,15,20)(H,18,19). The number of thiophene rings is 1. The summed E-state index contributed by atoms with van der Waals surface area (Å²) < 4.78 is 0. The van der Waals surface area contributed by atoms with E-state index in [1.54, 1.807) is 16.2 Å². The highest BCUT2D eigenvalue weighted by molar-refractivity contribution is 7.07. The Morgan fingerprint density at radius 3 is 2.67 bits per heavy atom. The monoisotopic (exact) mass is 311 g/mol. The maximum Gasteiger partial charge on any atom is 0.317 e. The van der Waals surface area contributed by atoms with Crippen molar-refractivity contribution >= 4 is 23.3 Å². The third-order valence-corrected chi connectivity index (χ3v) is 4.39. The van der Waals surface area contributed by atoms with Gasteiger partial charge in [-0.25, -0.2) is 4.79 Å². The lowest BCUT2D eigenvalue weighted by molar-refractivity contribution is -0.137. The lowest BCUT2D eigenvalue weighted by Crippen LogP contribution is -2.52. The van der Waals surface area contributed by atoms with Crippen LogP contribution in [-0.4, -0.2) is 59.6 Å². The van der Waals surface area contributed by atoms with Crippen molar-refractivity contribution in [3.63, 3.8) is 0 Å². The first kappa shape index (κ1) is 15.8. The van der Waals surface area contributed by atoms with E-state index in [0.29, 0.717) is 19.6 Å². The zero-order chi connectivity index (χ0) is 15.2. The van der Waals surface area contributed by atoms with Gasteiger partial charge < -0.3 is 15.3 Å². The van der Waals surface area contributed by atoms with Crippen molar-refractivity contribution in [1.29, 1.82) is 0 Å². The predicted octanol–water partition coefficient (Wildman–Crippen LogP) is 1.61. The number of piperazine rings is 1. The number of rotatable bonds is 5. The van der Waals surface area contributed by atoms with Crippen LogP contribution in [0.1, 0.15) is 24.9 Å². The molecule has 1 aromatic heterocycles. The number of urea groups is 1. The van der Waals surface area contributed by atoms with Crippen molar-refractivity contribution in [2.45, 2.75) is 19.4 Å². The van der Waals surface area contributed by atoms with Crippen molar-refractivity contribution in [2.24, 2.45) is 0 Å². The molecule has 1 atom stereocenters. The largest absolute Gasteiger partial charge is 0.481 e. The molecule has 2 amide bonds. The number of carboxylic acids is 1. The fourth-order valence-corrected chi connectivity index (χ4v) is 3.06. The first-order chi connectivity index (χ1) is 10.1. The Hall–Kier alpha value is -1.60. The fourth-order valence-electron chi connectivity index (χ4n) is 2.31. The number of nitrogens with zero attached hydrogens (tertiary/aromatic N) is 2. The minimum atomic E-state index is -0.778. The summed E-state index contributed by atoms with van der Waals surface area (Å²) in [6.45, 7) is 5.27. The normalized spacial score (nSPS) is 17.5. The van der Waals surface area contributed by atoms with Gasteiger partial charge >= 0.3 is 12.0 Å². The minimum Gasteiger partial charge on any atom is -0.481 e. The molecule has 0 aliphatic carbocycles. The van der Waals surface area contributed by atoms with Crippen molar-refractivity contribution < 1.29 is 14.7 Å². The van der Waals surface area contributed by atoms with Gasteiger partial charge in [0, 0.05) is 32.7 Å². The number of hydrogen-bond acceptors (Lipinski definition) is 4. The Balaban J connectivity index is 1.74. The summed E-state index contributed by atoms with van der Waals surface area (Å²) in [7, 11) is 0. The van der Waals surface area contributed by atoms with E-state index in [-0.39, 0.29) is 18.5 Å². The maximum absolute atomic E-state index is 12.2. The zero-order valence-electron chi connectivity index (χ0n) is 12.1. The Labute approximate surface area is 128 Å². The highest BCUT2D eigenvalue weighted by atomic mass is 32.1. The predicted molar refractivity (Wildman–Crippen MR) is 81.5 cm³/mol. The average Bonchev–Trinajstić information content (AvgIpc) is 3.00. The van der Waals surface area contributed by atoms with E-state index in [0.717, 1.165) is 18.7 Å². The molecule has 2 heterocycles. The maximum atomic E-state index is 12.2. The van der Waals surface area contributed by atoms with E-state index in [1.165, 1.54) is 0 Å². The molecule has 1 fully saturated rings. The van der Waals surface area contributed by atoms with Gasteiger partial charge in [0.15, 0.2) is 0 Å². The van der Waals surface area contributed by atoms with Crippen LogP contribution in [0.15, 0.2) is 16.8 Å². The van der Waals surface area contributed by atoms with Gasteiger partial charge in [0.1, 0.15) is 0 Å². The molecule has 2 rings (SSSR count). The molecule has 0 saturated carbocycles. The summed E-state index contributed by atoms with van der Waals surface area (Å²) in [6.07, 6.45) is 0.154. The van der Waals surface area contributed by atoms with Gasteiger partial charge in [0.25, 0.3) is 0 Å². The number of carboxylic acid groups (broad SMARTS) is 1. The van der Waals surface area contributed by atoms with E-state index in [2.05, 4.69) is 10.2 Å². The van der Waals surface area contributed by atoms with Gasteiger partial charge in [-0.15, -0.1) is 0 Å². The minimum absolute atomic E-state index is 0.00814. The molecule has 0 bridgehead atoms. The highest BCUT2D eigenvalue weighted by Gasteiger charge is 2.22. The first-order valence-electron chi connectivity index (χ1n) is 7.08. The molecule has 6 nitrogen and oxygen atoms in total. The molecule has 1 aromatic rings. The second-order valence-electron chi connectivity index (χ2n) is 5.20. The molecule has 1 unspecified atom stereocenters. The van der Waals surface area contributed by atoms with Crippen LogP contribution in [-0.2, 0) is 4.79 Å². The molecule has 2 N–H and O–H groups in total. The third kappa shape index (κ3) is 4.71. The zero-order valence-corrected chi connectivity index (χ0v) is 12.9. The summed E-state index contributed by atoms with van der Waals surface area (Å²) >= 11 is 1.62. The summed E-state index contributed by atoms with van der Waals surface area (Å²) in [5, 5.41) is 15.7. The van der Waals surface area contributed by atoms with Crippen molar-refractivity contribution in [3.05, 3.63) is 22.4 Å². The van der Waals surface area contributed by atoms with Gasteiger partial charge in [-0.2, -0.15) is 11.3 Å². The molecule has 1 aliphatic heterocycles. The van der Waals surface area contributed by atoms with Crippen molar-refractivity contribution in [2.75, 3.05) is 32.7 Å². The number of carbonyl (C=O) groups excluding carboxylic acids is 1. The quantitative estimate of drug-likeness (QED) is 0.866. The molecule has 7 heteroatoms. The Morgan fingerprint density at radius 2 is 2.10 bits per heavy atom. The van der Waals surface area contributed by atoms with Gasteiger partial charge in [0.05, 0.1) is 12.5 Å². The molecule has 0 spiro atoms. The van der Waals surface area contributed by atoms with Crippen molar-refractivity contribution in [1.82, 2.24) is 15.1 Å². The molecule has 116 valence electrons. The fraction of sp³-hybridized carbons (Fsp3) is 0.571. The second-order valence-corrected chi connectivity index (χ2v) is 5.98. The van der Waals surface area contributed by atoms with Crippen LogP contribution in [0.5, 0.6) is 0 Å². The van der Waals surface area contributed by atoms with E-state index in [1.807, 2.05) is 23.8 Å². The lowest BCUT2D eigenvalue weighted by atomic mass is 10.2. The summed E-state index contributed by atoms with van der Waals surface area (Å²) in [5.41, 5.74) is 1.12. The van der Waals surface area contributed by atoms with Crippen molar-refractivity contribution in [3.8, 4) is 0 Å². The average molecular weight is 311 g/mol. The van der Waals surface area contributed by atoms with E-state index >= 15 is 0 Å². The molecule has 1 saturated heterocycles. The number of nitrogens with one attached hydrogen (secondary N) is 1. The molecule has 0 radical (unpaired) electrons. The van der Waals surface area contributed by atoms with E-state index in [4.69, 9.17) is 5.11 Å². The molecule has 1 aliphatic rings. The van der Waals surface area contributed by atoms with Crippen LogP contribution in [0.4, 0.5) is 4.79 Å². The summed E-state index contributed by atoms with van der Waals surface area (Å²) in [6, 6.07) is 1.97. The summed E-state index contributed by atoms with van der Waals surface area (Å²) in [4.78, 5) is 26.6. The van der Waals surface area contributed by atoms with Crippen LogP contribution < -0.4 is 5.32 Å². The van der Waals surface area contributed by atoms with Gasteiger partial charge in [-0.05, 0) is 29.3 Å². The van der Waals surface area contributed by atoms with Gasteiger partial charge in [-0.1, -0.05) is 0 Å². The first-order valence-corrected chi connectivity index (χ1v) is 8.02. The Bertz CT molecular complexity index is 470. The SMILES string of the molecule is CC(NC(=O)N1CCN(CCC(=O)O)CC1)c1ccsc1. The van der Waals surface area contributed by atoms with E-state index < -0.39 is 5.97 Å². The number of aliphatic carboxylic acids is 1. The highest BCUT2D eigenvalue weighted by Crippen LogP contribution is 2.16. The third-order valence-electron chi connectivity index (χ3n) is 3.68. The lowest BCUT2D eigenvalue weighted by Gasteiger charge is -2.35. The molecule has 21 heavy (non-hydrogen) atoms. The van der Waals surface area contributed by atoms with Gasteiger partial charge in [0.2, 0.25) is 0 Å². The van der Waals surface area contributed by atoms with Crippen LogP contribution in [0.2, 0.25) is 0 Å². The number of carbonyl (C=O) groups is 2. The number of amides is 2. The molecular formula is C14H21N3O3S. The van der Waals surface area contributed by atoms with Crippen LogP contribution in [0.3, 0.4) is 0 Å². The van der Waals surface area contributed by atoms with Crippen LogP contribution in [0.25, 0.3) is 0 Å². The second kappa shape index (κ2) is 7.42. The molecule has 0 aromatic carbocycles. The van der Waals surface area contributed by atoms with Crippen LogP contribution in [0, 0.1) is 0 Å². The van der Waals surface area contributed by atoms with E-state index in [9.17, 15) is 9.59 Å². The van der Waals surface area contributed by atoms with Crippen LogP contribution >= 0.6 is 11.3 Å². The van der Waals surface area contributed by atoms with Gasteiger partial charge in [-0.3, -0.25) is 9.69 Å².